The Kier molecular flexibility index (Phi) is 5.27. The summed E-state index contributed by atoms with van der Waals surface area (Å²) in [7, 11) is -3.55. The van der Waals surface area contributed by atoms with Gasteiger partial charge in [0.05, 0.1) is 4.90 Å². The minimum atomic E-state index is -3.55. The maximum absolute atomic E-state index is 12.7. The van der Waals surface area contributed by atoms with E-state index in [0.29, 0.717) is 30.2 Å². The van der Waals surface area contributed by atoms with Crippen molar-refractivity contribution >= 4 is 21.9 Å². The fourth-order valence-corrected chi connectivity index (χ4v) is 5.14. The van der Waals surface area contributed by atoms with E-state index >= 15 is 0 Å². The standard InChI is InChI=1S/C21H20N4O6S/c26-19(14-4-7-16(8-5-14)32(27,28)25-10-2-1-3-11-25)22-21-24-23-20(31-21)15-6-9-17-18(12-15)30-13-29-17/h4-9,12H,1-3,10-11,13H2,(H,22,24,26). The first-order chi connectivity index (χ1) is 15.5. The second-order valence-corrected chi connectivity index (χ2v) is 9.36. The van der Waals surface area contributed by atoms with Gasteiger partial charge in [-0.25, -0.2) is 8.42 Å². The second-order valence-electron chi connectivity index (χ2n) is 7.42. The van der Waals surface area contributed by atoms with Crippen LogP contribution in [0.3, 0.4) is 0 Å². The maximum Gasteiger partial charge on any atom is 0.322 e. The van der Waals surface area contributed by atoms with Crippen molar-refractivity contribution in [3.63, 3.8) is 0 Å². The van der Waals surface area contributed by atoms with E-state index in [1.807, 2.05) is 0 Å². The van der Waals surface area contributed by atoms with Crippen LogP contribution in [0.1, 0.15) is 29.6 Å². The molecule has 0 spiro atoms. The number of nitrogens with zero attached hydrogens (tertiary/aromatic N) is 3. The summed E-state index contributed by atoms with van der Waals surface area (Å²) in [4.78, 5) is 12.7. The van der Waals surface area contributed by atoms with Gasteiger partial charge >= 0.3 is 6.01 Å². The topological polar surface area (TPSA) is 124 Å². The van der Waals surface area contributed by atoms with Crippen molar-refractivity contribution in [2.45, 2.75) is 24.2 Å². The predicted molar refractivity (Wildman–Crippen MR) is 113 cm³/mol. The van der Waals surface area contributed by atoms with Crippen molar-refractivity contribution in [2.75, 3.05) is 25.2 Å². The van der Waals surface area contributed by atoms with E-state index < -0.39 is 15.9 Å². The lowest BCUT2D eigenvalue weighted by Crippen LogP contribution is -2.35. The molecule has 1 fully saturated rings. The molecule has 2 aromatic carbocycles. The number of rotatable bonds is 5. The number of sulfonamides is 1. The van der Waals surface area contributed by atoms with E-state index in [0.717, 1.165) is 19.3 Å². The molecule has 2 aliphatic heterocycles. The van der Waals surface area contributed by atoms with Gasteiger partial charge < -0.3 is 13.9 Å². The first-order valence-corrected chi connectivity index (χ1v) is 11.6. The summed E-state index contributed by atoms with van der Waals surface area (Å²) < 4.78 is 43.1. The highest BCUT2D eigenvalue weighted by Crippen LogP contribution is 2.35. The molecule has 1 amide bonds. The van der Waals surface area contributed by atoms with Crippen molar-refractivity contribution in [2.24, 2.45) is 0 Å². The summed E-state index contributed by atoms with van der Waals surface area (Å²) in [6.45, 7) is 1.20. The smallest absolute Gasteiger partial charge is 0.322 e. The summed E-state index contributed by atoms with van der Waals surface area (Å²) in [5.41, 5.74) is 0.889. The quantitative estimate of drug-likeness (QED) is 0.622. The number of ether oxygens (including phenoxy) is 2. The molecule has 3 heterocycles. The third-order valence-electron chi connectivity index (χ3n) is 5.33. The number of carbonyl (C=O) groups excluding carboxylic acids is 1. The number of carbonyl (C=O) groups is 1. The molecule has 0 atom stereocenters. The van der Waals surface area contributed by atoms with Gasteiger partial charge in [0.2, 0.25) is 22.7 Å². The van der Waals surface area contributed by atoms with Crippen LogP contribution >= 0.6 is 0 Å². The van der Waals surface area contributed by atoms with Crippen molar-refractivity contribution in [1.82, 2.24) is 14.5 Å². The van der Waals surface area contributed by atoms with Crippen LogP contribution in [-0.2, 0) is 10.0 Å². The van der Waals surface area contributed by atoms with Crippen LogP contribution in [0.25, 0.3) is 11.5 Å². The maximum atomic E-state index is 12.7. The average molecular weight is 456 g/mol. The Bertz CT molecular complexity index is 1250. The molecule has 166 valence electrons. The SMILES string of the molecule is O=C(Nc1nnc(-c2ccc3c(c2)OCO3)o1)c1ccc(S(=O)(=O)N2CCCCC2)cc1. The van der Waals surface area contributed by atoms with Gasteiger partial charge in [-0.15, -0.1) is 5.10 Å². The highest BCUT2D eigenvalue weighted by Gasteiger charge is 2.26. The van der Waals surface area contributed by atoms with Crippen LogP contribution in [0.5, 0.6) is 11.5 Å². The highest BCUT2D eigenvalue weighted by atomic mass is 32.2. The van der Waals surface area contributed by atoms with Gasteiger partial charge in [-0.3, -0.25) is 10.1 Å². The first kappa shape index (κ1) is 20.5. The molecule has 10 nitrogen and oxygen atoms in total. The summed E-state index contributed by atoms with van der Waals surface area (Å²) in [5, 5.41) is 10.3. The number of anilines is 1. The number of hydrogen-bond acceptors (Lipinski definition) is 8. The molecule has 2 aliphatic rings. The molecule has 0 saturated carbocycles. The van der Waals surface area contributed by atoms with Crippen LogP contribution in [0.4, 0.5) is 6.01 Å². The fraction of sp³-hybridized carbons (Fsp3) is 0.286. The van der Waals surface area contributed by atoms with Gasteiger partial charge in [-0.2, -0.15) is 4.31 Å². The molecule has 11 heteroatoms. The molecule has 0 aliphatic carbocycles. The zero-order chi connectivity index (χ0) is 22.1. The normalized spacial score (nSPS) is 16.1. The van der Waals surface area contributed by atoms with Crippen LogP contribution in [-0.4, -0.2) is 48.7 Å². The minimum Gasteiger partial charge on any atom is -0.454 e. The van der Waals surface area contributed by atoms with Gasteiger partial charge in [0.15, 0.2) is 11.5 Å². The lowest BCUT2D eigenvalue weighted by atomic mass is 10.2. The Morgan fingerprint density at radius 1 is 0.938 bits per heavy atom. The summed E-state index contributed by atoms with van der Waals surface area (Å²) in [5.74, 6) is 0.924. The van der Waals surface area contributed by atoms with Crippen molar-refractivity contribution in [1.29, 1.82) is 0 Å². The Balaban J connectivity index is 1.27. The average Bonchev–Trinajstić information content (AvgIpc) is 3.48. The molecule has 0 bridgehead atoms. The van der Waals surface area contributed by atoms with Gasteiger partial charge in [0, 0.05) is 24.2 Å². The molecule has 0 unspecified atom stereocenters. The molecular formula is C21H20N4O6S. The summed E-state index contributed by atoms with van der Waals surface area (Å²) >= 11 is 0. The minimum absolute atomic E-state index is 0.0762. The van der Waals surface area contributed by atoms with E-state index in [4.69, 9.17) is 13.9 Å². The van der Waals surface area contributed by atoms with Crippen molar-refractivity contribution < 1.29 is 27.1 Å². The number of benzene rings is 2. The third-order valence-corrected chi connectivity index (χ3v) is 7.25. The second kappa shape index (κ2) is 8.24. The molecule has 3 aromatic rings. The van der Waals surface area contributed by atoms with Gasteiger partial charge in [-0.1, -0.05) is 11.5 Å². The Hall–Kier alpha value is -3.44. The number of hydrogen-bond donors (Lipinski definition) is 1. The van der Waals surface area contributed by atoms with Gasteiger partial charge in [0.25, 0.3) is 5.91 Å². The monoisotopic (exact) mass is 456 g/mol. The number of nitrogens with one attached hydrogen (secondary N) is 1. The van der Waals surface area contributed by atoms with Crippen LogP contribution in [0.2, 0.25) is 0 Å². The Morgan fingerprint density at radius 3 is 2.47 bits per heavy atom. The molecule has 32 heavy (non-hydrogen) atoms. The van der Waals surface area contributed by atoms with Gasteiger partial charge in [-0.05, 0) is 55.3 Å². The van der Waals surface area contributed by atoms with E-state index in [9.17, 15) is 13.2 Å². The van der Waals surface area contributed by atoms with E-state index in [-0.39, 0.29) is 29.2 Å². The molecule has 5 rings (SSSR count). The number of piperidine rings is 1. The largest absolute Gasteiger partial charge is 0.454 e. The van der Waals surface area contributed by atoms with Crippen LogP contribution in [0.15, 0.2) is 51.8 Å². The fourth-order valence-electron chi connectivity index (χ4n) is 3.62. The van der Waals surface area contributed by atoms with E-state index in [1.54, 1.807) is 18.2 Å². The van der Waals surface area contributed by atoms with Crippen molar-refractivity contribution in [3.05, 3.63) is 48.0 Å². The zero-order valence-corrected chi connectivity index (χ0v) is 17.8. The highest BCUT2D eigenvalue weighted by molar-refractivity contribution is 7.89. The molecule has 1 N–H and O–H groups in total. The zero-order valence-electron chi connectivity index (χ0n) is 17.0. The summed E-state index contributed by atoms with van der Waals surface area (Å²) in [6, 6.07) is 10.9. The van der Waals surface area contributed by atoms with E-state index in [2.05, 4.69) is 15.5 Å². The number of fused-ring (bicyclic) bond motifs is 1. The predicted octanol–water partition coefficient (Wildman–Crippen LogP) is 2.89. The van der Waals surface area contributed by atoms with Crippen LogP contribution in [0, 0.1) is 0 Å². The Labute approximate surface area is 184 Å². The molecular weight excluding hydrogens is 436 g/mol. The van der Waals surface area contributed by atoms with Gasteiger partial charge in [0.1, 0.15) is 0 Å². The summed E-state index contributed by atoms with van der Waals surface area (Å²) in [6.07, 6.45) is 2.76. The van der Waals surface area contributed by atoms with Crippen molar-refractivity contribution in [3.8, 4) is 23.0 Å². The van der Waals surface area contributed by atoms with E-state index in [1.165, 1.54) is 28.6 Å². The number of aromatic nitrogens is 2. The Morgan fingerprint density at radius 2 is 1.69 bits per heavy atom. The van der Waals surface area contributed by atoms with Crippen LogP contribution < -0.4 is 14.8 Å². The first-order valence-electron chi connectivity index (χ1n) is 10.2. The third kappa shape index (κ3) is 3.92. The molecule has 0 radical (unpaired) electrons. The lowest BCUT2D eigenvalue weighted by molar-refractivity contribution is 0.102. The molecule has 1 saturated heterocycles. The number of amides is 1. The lowest BCUT2D eigenvalue weighted by Gasteiger charge is -2.25. The molecule has 1 aromatic heterocycles.